The maximum absolute atomic E-state index is 11.6. The van der Waals surface area contributed by atoms with E-state index in [1.165, 1.54) is 23.1 Å². The maximum Gasteiger partial charge on any atom is 0.123 e. The summed E-state index contributed by atoms with van der Waals surface area (Å²) in [4.78, 5) is 0. The van der Waals surface area contributed by atoms with E-state index in [2.05, 4.69) is 85.7 Å². The molecule has 1 aliphatic carbocycles. The molecule has 0 aromatic heterocycles. The number of benzene rings is 2. The molecular formula is C31H44O2. The summed E-state index contributed by atoms with van der Waals surface area (Å²) >= 11 is 0. The second kappa shape index (κ2) is 9.57. The van der Waals surface area contributed by atoms with Crippen LogP contribution in [0.15, 0.2) is 35.9 Å². The second-order valence-corrected chi connectivity index (χ2v) is 11.8. The zero-order valence-electron chi connectivity index (χ0n) is 22.1. The Bertz CT molecular complexity index is 957. The van der Waals surface area contributed by atoms with Crippen molar-refractivity contribution < 1.29 is 10.2 Å². The van der Waals surface area contributed by atoms with E-state index in [4.69, 9.17) is 0 Å². The minimum atomic E-state index is -0.167. The number of aryl methyl sites for hydroxylation is 2. The lowest BCUT2D eigenvalue weighted by molar-refractivity contribution is 0.429. The topological polar surface area (TPSA) is 40.5 Å². The van der Waals surface area contributed by atoms with Crippen molar-refractivity contribution in [2.24, 2.45) is 0 Å². The van der Waals surface area contributed by atoms with Gasteiger partial charge in [0.15, 0.2) is 0 Å². The highest BCUT2D eigenvalue weighted by molar-refractivity contribution is 5.59. The fourth-order valence-electron chi connectivity index (χ4n) is 5.12. The number of phenols is 2. The maximum atomic E-state index is 11.6. The summed E-state index contributed by atoms with van der Waals surface area (Å²) in [6, 6.07) is 8.68. The molecule has 0 saturated carbocycles. The van der Waals surface area contributed by atoms with Crippen LogP contribution >= 0.6 is 0 Å². The summed E-state index contributed by atoms with van der Waals surface area (Å²) in [6.45, 7) is 17.3. The number of aromatic hydroxyl groups is 2. The molecule has 0 atom stereocenters. The molecule has 0 fully saturated rings. The Hall–Kier alpha value is -2.22. The van der Waals surface area contributed by atoms with Gasteiger partial charge in [0.25, 0.3) is 0 Å². The Morgan fingerprint density at radius 2 is 1.18 bits per heavy atom. The lowest BCUT2D eigenvalue weighted by atomic mass is 9.74. The predicted molar refractivity (Wildman–Crippen MR) is 141 cm³/mol. The quantitative estimate of drug-likeness (QED) is 0.450. The van der Waals surface area contributed by atoms with Gasteiger partial charge in [-0.15, -0.1) is 0 Å². The molecule has 180 valence electrons. The first kappa shape index (κ1) is 25.4. The van der Waals surface area contributed by atoms with Gasteiger partial charge in [-0.2, -0.15) is 0 Å². The van der Waals surface area contributed by atoms with Gasteiger partial charge in [-0.05, 0) is 71.6 Å². The van der Waals surface area contributed by atoms with Crippen LogP contribution < -0.4 is 0 Å². The van der Waals surface area contributed by atoms with Crippen LogP contribution in [-0.4, -0.2) is 10.2 Å². The first-order chi connectivity index (χ1) is 15.4. The average Bonchev–Trinajstić information content (AvgIpc) is 2.75. The molecule has 3 rings (SSSR count). The Kier molecular flexibility index (Phi) is 7.36. The molecule has 0 radical (unpaired) electrons. The van der Waals surface area contributed by atoms with E-state index in [1.807, 2.05) is 0 Å². The van der Waals surface area contributed by atoms with Crippen molar-refractivity contribution in [3.8, 4) is 11.5 Å². The molecule has 2 heteroatoms. The fourth-order valence-corrected chi connectivity index (χ4v) is 5.12. The Morgan fingerprint density at radius 3 is 1.52 bits per heavy atom. The van der Waals surface area contributed by atoms with E-state index in [0.29, 0.717) is 11.5 Å². The molecular weight excluding hydrogens is 404 g/mol. The monoisotopic (exact) mass is 448 g/mol. The van der Waals surface area contributed by atoms with E-state index in [1.54, 1.807) is 0 Å². The SMILES string of the molecule is CCc1cc(C(C2=CCCCC2)c2cc(CC)cc(C(C)(C)C)c2O)c(O)c(C(C)(C)C)c1. The van der Waals surface area contributed by atoms with E-state index >= 15 is 0 Å². The van der Waals surface area contributed by atoms with Crippen LogP contribution in [0.2, 0.25) is 0 Å². The summed E-state index contributed by atoms with van der Waals surface area (Å²) in [5, 5.41) is 23.3. The average molecular weight is 449 g/mol. The van der Waals surface area contributed by atoms with Crippen LogP contribution in [0, 0.1) is 0 Å². The van der Waals surface area contributed by atoms with Crippen molar-refractivity contribution in [2.75, 3.05) is 0 Å². The van der Waals surface area contributed by atoms with Crippen molar-refractivity contribution in [1.29, 1.82) is 0 Å². The van der Waals surface area contributed by atoms with Crippen molar-refractivity contribution >= 4 is 0 Å². The third-order valence-corrected chi connectivity index (χ3v) is 7.15. The van der Waals surface area contributed by atoms with Gasteiger partial charge < -0.3 is 10.2 Å². The summed E-state index contributed by atoms with van der Waals surface area (Å²) in [7, 11) is 0. The number of allylic oxidation sites excluding steroid dienone is 2. The van der Waals surface area contributed by atoms with Gasteiger partial charge in [-0.3, -0.25) is 0 Å². The lowest BCUT2D eigenvalue weighted by Crippen LogP contribution is -2.17. The molecule has 2 aromatic rings. The molecule has 0 saturated heterocycles. The van der Waals surface area contributed by atoms with Crippen LogP contribution in [0.25, 0.3) is 0 Å². The van der Waals surface area contributed by atoms with Gasteiger partial charge in [-0.25, -0.2) is 0 Å². The first-order valence-corrected chi connectivity index (χ1v) is 12.8. The molecule has 2 nitrogen and oxygen atoms in total. The van der Waals surface area contributed by atoms with Gasteiger partial charge in [0.05, 0.1) is 0 Å². The van der Waals surface area contributed by atoms with E-state index in [0.717, 1.165) is 54.4 Å². The molecule has 0 amide bonds. The van der Waals surface area contributed by atoms with Crippen LogP contribution in [0.5, 0.6) is 11.5 Å². The van der Waals surface area contributed by atoms with Crippen molar-refractivity contribution in [1.82, 2.24) is 0 Å². The normalized spacial score (nSPS) is 15.1. The Labute approximate surface area is 201 Å². The summed E-state index contributed by atoms with van der Waals surface area (Å²) in [6.07, 6.45) is 8.62. The number of phenolic OH excluding ortho intramolecular Hbond substituents is 2. The smallest absolute Gasteiger partial charge is 0.123 e. The van der Waals surface area contributed by atoms with Gasteiger partial charge in [0, 0.05) is 17.0 Å². The van der Waals surface area contributed by atoms with E-state index in [-0.39, 0.29) is 16.7 Å². The van der Waals surface area contributed by atoms with Crippen molar-refractivity contribution in [3.05, 3.63) is 69.3 Å². The molecule has 0 spiro atoms. The minimum Gasteiger partial charge on any atom is -0.507 e. The van der Waals surface area contributed by atoms with Crippen LogP contribution in [0.1, 0.15) is 120 Å². The van der Waals surface area contributed by atoms with Gasteiger partial charge in [0.2, 0.25) is 0 Å². The van der Waals surface area contributed by atoms with Gasteiger partial charge in [0.1, 0.15) is 11.5 Å². The first-order valence-electron chi connectivity index (χ1n) is 12.8. The van der Waals surface area contributed by atoms with Gasteiger partial charge in [-0.1, -0.05) is 91.3 Å². The molecule has 2 aromatic carbocycles. The van der Waals surface area contributed by atoms with Crippen LogP contribution in [0.4, 0.5) is 0 Å². The molecule has 0 aliphatic heterocycles. The van der Waals surface area contributed by atoms with E-state index < -0.39 is 0 Å². The van der Waals surface area contributed by atoms with Crippen LogP contribution in [-0.2, 0) is 23.7 Å². The number of hydrogen-bond donors (Lipinski definition) is 2. The Balaban J connectivity index is 2.39. The highest BCUT2D eigenvalue weighted by Crippen LogP contribution is 2.49. The Morgan fingerprint density at radius 1 is 0.727 bits per heavy atom. The number of hydrogen-bond acceptors (Lipinski definition) is 2. The van der Waals surface area contributed by atoms with E-state index in [9.17, 15) is 10.2 Å². The highest BCUT2D eigenvalue weighted by atomic mass is 16.3. The fraction of sp³-hybridized carbons (Fsp3) is 0.548. The standard InChI is InChI=1S/C31H44O2/c1-9-20-16-23(28(32)25(18-20)30(3,4)5)27(22-14-12-11-13-15-22)24-17-21(10-2)19-26(29(24)33)31(6,7)8/h14,16-19,27,32-33H,9-13,15H2,1-8H3. The lowest BCUT2D eigenvalue weighted by Gasteiger charge is -2.31. The molecule has 2 N–H and O–H groups in total. The molecule has 1 aliphatic rings. The summed E-state index contributed by atoms with van der Waals surface area (Å²) in [5.41, 5.74) is 7.31. The largest absolute Gasteiger partial charge is 0.507 e. The molecule has 0 unspecified atom stereocenters. The molecule has 0 heterocycles. The van der Waals surface area contributed by atoms with Crippen molar-refractivity contribution in [3.63, 3.8) is 0 Å². The second-order valence-electron chi connectivity index (χ2n) is 11.8. The molecule has 0 bridgehead atoms. The minimum absolute atomic E-state index is 0.134. The predicted octanol–water partition coefficient (Wildman–Crippen LogP) is 8.45. The summed E-state index contributed by atoms with van der Waals surface area (Å²) in [5.74, 6) is 0.634. The third-order valence-electron chi connectivity index (χ3n) is 7.15. The summed E-state index contributed by atoms with van der Waals surface area (Å²) < 4.78 is 0. The van der Waals surface area contributed by atoms with Crippen molar-refractivity contribution in [2.45, 2.75) is 111 Å². The zero-order valence-corrected chi connectivity index (χ0v) is 22.1. The van der Waals surface area contributed by atoms with Crippen LogP contribution in [0.3, 0.4) is 0 Å². The highest BCUT2D eigenvalue weighted by Gasteiger charge is 2.32. The molecule has 33 heavy (non-hydrogen) atoms. The zero-order chi connectivity index (χ0) is 24.6. The third kappa shape index (κ3) is 5.31. The number of rotatable bonds is 5. The van der Waals surface area contributed by atoms with Gasteiger partial charge >= 0.3 is 0 Å².